The molecule has 0 spiro atoms. The Labute approximate surface area is 168 Å². The molecule has 8 nitrogen and oxygen atoms in total. The third-order valence-corrected chi connectivity index (χ3v) is 4.75. The summed E-state index contributed by atoms with van der Waals surface area (Å²) in [6.45, 7) is 0.833. The summed E-state index contributed by atoms with van der Waals surface area (Å²) in [6.07, 6.45) is 2.96. The minimum Gasteiger partial charge on any atom is -0.491 e. The minimum atomic E-state index is -1.06. The van der Waals surface area contributed by atoms with Crippen molar-refractivity contribution in [3.63, 3.8) is 0 Å². The van der Waals surface area contributed by atoms with Gasteiger partial charge in [0.2, 0.25) is 0 Å². The van der Waals surface area contributed by atoms with Crippen molar-refractivity contribution in [1.29, 1.82) is 0 Å². The summed E-state index contributed by atoms with van der Waals surface area (Å²) in [5, 5.41) is 13.4. The molecule has 0 aliphatic carbocycles. The fourth-order valence-electron chi connectivity index (χ4n) is 3.37. The van der Waals surface area contributed by atoms with Gasteiger partial charge in [-0.2, -0.15) is 5.10 Å². The van der Waals surface area contributed by atoms with Gasteiger partial charge in [-0.05, 0) is 30.3 Å². The molecule has 4 aromatic rings. The summed E-state index contributed by atoms with van der Waals surface area (Å²) < 4.78 is 36.3. The first-order valence-electron chi connectivity index (χ1n) is 8.95. The van der Waals surface area contributed by atoms with E-state index < -0.39 is 17.6 Å². The molecule has 0 unspecified atom stereocenters. The molecule has 0 atom stereocenters. The van der Waals surface area contributed by atoms with Crippen LogP contribution in [0.25, 0.3) is 28.6 Å². The van der Waals surface area contributed by atoms with E-state index in [4.69, 9.17) is 4.74 Å². The van der Waals surface area contributed by atoms with Crippen LogP contribution in [0.1, 0.15) is 10.4 Å². The van der Waals surface area contributed by atoms with Crippen LogP contribution < -0.4 is 4.74 Å². The lowest BCUT2D eigenvalue weighted by Gasteiger charge is -2.07. The van der Waals surface area contributed by atoms with E-state index in [0.717, 1.165) is 12.1 Å². The Morgan fingerprint density at radius 3 is 2.80 bits per heavy atom. The zero-order valence-corrected chi connectivity index (χ0v) is 15.3. The molecule has 0 saturated carbocycles. The smallest absolute Gasteiger partial charge is 0.335 e. The number of carboxylic acid groups (broad SMARTS) is 1. The maximum atomic E-state index is 14.3. The van der Waals surface area contributed by atoms with Crippen LogP contribution in [-0.2, 0) is 6.54 Å². The second-order valence-electron chi connectivity index (χ2n) is 6.60. The number of hydrogen-bond donors (Lipinski definition) is 1. The summed E-state index contributed by atoms with van der Waals surface area (Å²) in [7, 11) is 0. The van der Waals surface area contributed by atoms with Gasteiger partial charge in [-0.15, -0.1) is 0 Å². The molecule has 1 aliphatic heterocycles. The van der Waals surface area contributed by atoms with Crippen molar-refractivity contribution < 1.29 is 23.4 Å². The molecule has 0 bridgehead atoms. The highest BCUT2D eigenvalue weighted by atomic mass is 19.1. The van der Waals surface area contributed by atoms with E-state index in [1.165, 1.54) is 29.2 Å². The summed E-state index contributed by atoms with van der Waals surface area (Å²) in [4.78, 5) is 20.2. The number of aromatic carboxylic acids is 1. The number of imidazole rings is 1. The van der Waals surface area contributed by atoms with Crippen LogP contribution in [0.15, 0.2) is 48.9 Å². The Kier molecular flexibility index (Phi) is 4.05. The van der Waals surface area contributed by atoms with Crippen molar-refractivity contribution in [2.45, 2.75) is 6.54 Å². The molecule has 150 valence electrons. The van der Waals surface area contributed by atoms with Gasteiger partial charge in [-0.3, -0.25) is 0 Å². The van der Waals surface area contributed by atoms with E-state index in [1.807, 2.05) is 4.57 Å². The molecule has 1 aliphatic rings. The van der Waals surface area contributed by atoms with E-state index in [2.05, 4.69) is 15.1 Å². The first-order chi connectivity index (χ1) is 14.5. The second kappa shape index (κ2) is 6.76. The Morgan fingerprint density at radius 1 is 1.13 bits per heavy atom. The molecular formula is C20H13F2N5O3. The standard InChI is InChI=1S/C20H13F2N5O3/c21-12-2-3-16(14(22)8-12)27-19(23-10-24-27)15-9-26-5-6-30-17-4-1-11(20(28)29)7-13(17)18(26)25-15/h1-4,7-10H,5-6H2,(H,28,29). The average molecular weight is 409 g/mol. The van der Waals surface area contributed by atoms with Gasteiger partial charge in [0, 0.05) is 12.3 Å². The number of nitrogens with zero attached hydrogens (tertiary/aromatic N) is 5. The SMILES string of the molecule is O=C(O)c1ccc2c(c1)-c1nc(-c3ncnn3-c3ccc(F)cc3F)cn1CCO2. The second-order valence-corrected chi connectivity index (χ2v) is 6.60. The zero-order chi connectivity index (χ0) is 20.8. The van der Waals surface area contributed by atoms with Crippen molar-refractivity contribution in [3.8, 4) is 34.3 Å². The normalized spacial score (nSPS) is 12.6. The number of rotatable bonds is 3. The summed E-state index contributed by atoms with van der Waals surface area (Å²) in [6, 6.07) is 7.73. The number of benzene rings is 2. The van der Waals surface area contributed by atoms with Crippen LogP contribution in [-0.4, -0.2) is 42.0 Å². The van der Waals surface area contributed by atoms with Gasteiger partial charge < -0.3 is 14.4 Å². The Hall–Kier alpha value is -4.08. The summed E-state index contributed by atoms with van der Waals surface area (Å²) in [5.74, 6) is -1.27. The lowest BCUT2D eigenvalue weighted by atomic mass is 10.1. The monoisotopic (exact) mass is 409 g/mol. The molecule has 10 heteroatoms. The van der Waals surface area contributed by atoms with E-state index >= 15 is 0 Å². The molecule has 2 aromatic carbocycles. The van der Waals surface area contributed by atoms with Crippen molar-refractivity contribution in [1.82, 2.24) is 24.3 Å². The van der Waals surface area contributed by atoms with Gasteiger partial charge in [-0.25, -0.2) is 28.2 Å². The van der Waals surface area contributed by atoms with Crippen LogP contribution in [0.5, 0.6) is 5.75 Å². The summed E-state index contributed by atoms with van der Waals surface area (Å²) in [5.41, 5.74) is 1.06. The van der Waals surface area contributed by atoms with Gasteiger partial charge in [0.25, 0.3) is 0 Å². The van der Waals surface area contributed by atoms with Crippen molar-refractivity contribution in [2.75, 3.05) is 6.61 Å². The quantitative estimate of drug-likeness (QED) is 0.559. The Balaban J connectivity index is 1.64. The van der Waals surface area contributed by atoms with Crippen LogP contribution in [0.2, 0.25) is 0 Å². The summed E-state index contributed by atoms with van der Waals surface area (Å²) >= 11 is 0. The lowest BCUT2D eigenvalue weighted by molar-refractivity contribution is 0.0697. The number of halogens is 2. The molecule has 2 aromatic heterocycles. The Morgan fingerprint density at radius 2 is 2.00 bits per heavy atom. The average Bonchev–Trinajstić information content (AvgIpc) is 3.32. The van der Waals surface area contributed by atoms with Crippen LogP contribution in [0, 0.1) is 11.6 Å². The third kappa shape index (κ3) is 2.89. The van der Waals surface area contributed by atoms with Crippen LogP contribution in [0.4, 0.5) is 8.78 Å². The largest absolute Gasteiger partial charge is 0.491 e. The van der Waals surface area contributed by atoms with E-state index in [9.17, 15) is 18.7 Å². The van der Waals surface area contributed by atoms with Crippen LogP contribution >= 0.6 is 0 Å². The fraction of sp³-hybridized carbons (Fsp3) is 0.100. The van der Waals surface area contributed by atoms with Crippen molar-refractivity contribution >= 4 is 5.97 Å². The minimum absolute atomic E-state index is 0.0315. The maximum Gasteiger partial charge on any atom is 0.335 e. The molecule has 0 saturated heterocycles. The molecule has 0 fully saturated rings. The lowest BCUT2D eigenvalue weighted by Crippen LogP contribution is -2.05. The first-order valence-corrected chi connectivity index (χ1v) is 8.95. The van der Waals surface area contributed by atoms with E-state index in [0.29, 0.717) is 36.0 Å². The molecule has 5 rings (SSSR count). The van der Waals surface area contributed by atoms with Gasteiger partial charge in [-0.1, -0.05) is 0 Å². The molecule has 3 heterocycles. The number of ether oxygens (including phenoxy) is 1. The van der Waals surface area contributed by atoms with Gasteiger partial charge in [0.1, 0.15) is 41.7 Å². The molecule has 30 heavy (non-hydrogen) atoms. The fourth-order valence-corrected chi connectivity index (χ4v) is 3.37. The molecule has 1 N–H and O–H groups in total. The predicted octanol–water partition coefficient (Wildman–Crippen LogP) is 3.17. The number of hydrogen-bond acceptors (Lipinski definition) is 5. The van der Waals surface area contributed by atoms with E-state index in [-0.39, 0.29) is 17.1 Å². The number of aromatic nitrogens is 5. The van der Waals surface area contributed by atoms with Gasteiger partial charge >= 0.3 is 5.97 Å². The first kappa shape index (κ1) is 18.0. The highest BCUT2D eigenvalue weighted by Gasteiger charge is 2.23. The van der Waals surface area contributed by atoms with E-state index in [1.54, 1.807) is 12.3 Å². The highest BCUT2D eigenvalue weighted by molar-refractivity contribution is 5.90. The molecule has 0 amide bonds. The number of carbonyl (C=O) groups is 1. The molecule has 0 radical (unpaired) electrons. The number of carboxylic acids is 1. The predicted molar refractivity (Wildman–Crippen MR) is 100 cm³/mol. The maximum absolute atomic E-state index is 14.3. The molecular weight excluding hydrogens is 396 g/mol. The third-order valence-electron chi connectivity index (χ3n) is 4.75. The zero-order valence-electron chi connectivity index (χ0n) is 15.3. The van der Waals surface area contributed by atoms with Crippen LogP contribution in [0.3, 0.4) is 0 Å². The van der Waals surface area contributed by atoms with Gasteiger partial charge in [0.15, 0.2) is 11.6 Å². The highest BCUT2D eigenvalue weighted by Crippen LogP contribution is 2.34. The van der Waals surface area contributed by atoms with Crippen molar-refractivity contribution in [2.24, 2.45) is 0 Å². The van der Waals surface area contributed by atoms with Gasteiger partial charge in [0.05, 0.1) is 17.7 Å². The van der Waals surface area contributed by atoms with Crippen molar-refractivity contribution in [3.05, 3.63) is 66.1 Å². The number of fused-ring (bicyclic) bond motifs is 3. The topological polar surface area (TPSA) is 95.1 Å². The Bertz CT molecular complexity index is 1300.